The zero-order valence-corrected chi connectivity index (χ0v) is 21.8. The van der Waals surface area contributed by atoms with Crippen LogP contribution in [0.3, 0.4) is 0 Å². The molecule has 3 aromatic heterocycles. The lowest BCUT2D eigenvalue weighted by Gasteiger charge is -2.14. The lowest BCUT2D eigenvalue weighted by molar-refractivity contribution is -0.136. The number of hydrogen-bond acceptors (Lipinski definition) is 6. The van der Waals surface area contributed by atoms with E-state index in [1.54, 1.807) is 30.9 Å². The van der Waals surface area contributed by atoms with Crippen molar-refractivity contribution in [2.75, 3.05) is 5.32 Å². The number of aliphatic carboxylic acids is 1. The summed E-state index contributed by atoms with van der Waals surface area (Å²) in [6.07, 6.45) is -0.00741. The molecular weight excluding hydrogens is 532 g/mol. The quantitative estimate of drug-likeness (QED) is 0.222. The Morgan fingerprint density at radius 3 is 2.34 bits per heavy atom. The first-order chi connectivity index (χ1) is 18.2. The van der Waals surface area contributed by atoms with Gasteiger partial charge in [0.2, 0.25) is 0 Å². The maximum Gasteiger partial charge on any atom is 0.413 e. The Morgan fingerprint density at radius 1 is 1.03 bits per heavy atom. The molecule has 0 radical (unpaired) electrons. The number of amides is 1. The van der Waals surface area contributed by atoms with Crippen LogP contribution in [0.5, 0.6) is 0 Å². The molecule has 0 unspecified atom stereocenters. The number of aromatic nitrogens is 2. The van der Waals surface area contributed by atoms with Crippen LogP contribution in [0.4, 0.5) is 19.4 Å². The van der Waals surface area contributed by atoms with Gasteiger partial charge in [0.25, 0.3) is 0 Å². The molecule has 1 amide bonds. The number of fused-ring (bicyclic) bond motifs is 1. The molecule has 5 aromatic rings. The van der Waals surface area contributed by atoms with Crippen LogP contribution in [-0.4, -0.2) is 26.9 Å². The Bertz CT molecular complexity index is 1630. The molecular formula is C27H21F2N3O4S2. The van der Waals surface area contributed by atoms with Gasteiger partial charge in [-0.05, 0) is 36.8 Å². The summed E-state index contributed by atoms with van der Waals surface area (Å²) in [7, 11) is 1.71. The van der Waals surface area contributed by atoms with E-state index in [1.165, 1.54) is 22.7 Å². The highest BCUT2D eigenvalue weighted by Gasteiger charge is 2.21. The molecule has 38 heavy (non-hydrogen) atoms. The number of halogens is 2. The number of rotatable bonds is 7. The molecule has 1 atom stereocenters. The second kappa shape index (κ2) is 10.3. The van der Waals surface area contributed by atoms with E-state index in [1.807, 2.05) is 36.4 Å². The van der Waals surface area contributed by atoms with Crippen LogP contribution in [0.1, 0.15) is 24.2 Å². The number of nitrogens with one attached hydrogen (secondary N) is 1. The van der Waals surface area contributed by atoms with Crippen molar-refractivity contribution in [3.8, 4) is 20.9 Å². The average Bonchev–Trinajstić information content (AvgIpc) is 3.55. The standard InChI is InChI=1S/C27H21F2N3O4S2/c1-14(15-6-4-3-5-7-15)36-27(35)31-26-18(13-30-32(26)2)22-12-24-23(38-22)11-21(37-24)17-10-19(28)16(8-20(17)29)9-25(33)34/h3-8,10-14H,9H2,1-2H3,(H,31,35)(H,33,34)/t14-/m1/s1. The van der Waals surface area contributed by atoms with Crippen LogP contribution >= 0.6 is 22.7 Å². The van der Waals surface area contributed by atoms with Gasteiger partial charge >= 0.3 is 12.1 Å². The molecule has 0 spiro atoms. The Kier molecular flexibility index (Phi) is 6.96. The Labute approximate surface area is 223 Å². The van der Waals surface area contributed by atoms with E-state index in [0.29, 0.717) is 16.3 Å². The van der Waals surface area contributed by atoms with E-state index in [-0.39, 0.29) is 11.1 Å². The molecule has 194 valence electrons. The molecule has 2 aromatic carbocycles. The minimum absolute atomic E-state index is 0.0746. The second-order valence-corrected chi connectivity index (χ2v) is 10.7. The summed E-state index contributed by atoms with van der Waals surface area (Å²) in [5.41, 5.74) is 1.44. The fourth-order valence-electron chi connectivity index (χ4n) is 4.02. The minimum Gasteiger partial charge on any atom is -0.481 e. The van der Waals surface area contributed by atoms with Gasteiger partial charge in [0.1, 0.15) is 23.6 Å². The number of anilines is 1. The van der Waals surface area contributed by atoms with Crippen LogP contribution in [0.15, 0.2) is 60.8 Å². The highest BCUT2D eigenvalue weighted by Crippen LogP contribution is 2.44. The van der Waals surface area contributed by atoms with E-state index < -0.39 is 36.2 Å². The number of carboxylic acids is 1. The summed E-state index contributed by atoms with van der Waals surface area (Å²) in [5.74, 6) is -2.21. The number of benzene rings is 2. The van der Waals surface area contributed by atoms with Crippen molar-refractivity contribution in [2.24, 2.45) is 7.05 Å². The molecule has 0 bridgehead atoms. The molecule has 0 aliphatic rings. The normalized spacial score (nSPS) is 12.0. The van der Waals surface area contributed by atoms with E-state index >= 15 is 0 Å². The van der Waals surface area contributed by atoms with Gasteiger partial charge in [-0.15, -0.1) is 22.7 Å². The molecule has 11 heteroatoms. The average molecular weight is 554 g/mol. The number of thiophene rings is 2. The monoisotopic (exact) mass is 553 g/mol. The summed E-state index contributed by atoms with van der Waals surface area (Å²) >= 11 is 2.71. The van der Waals surface area contributed by atoms with E-state index in [0.717, 1.165) is 32.0 Å². The number of carbonyl (C=O) groups is 2. The molecule has 7 nitrogen and oxygen atoms in total. The number of aryl methyl sites for hydroxylation is 1. The predicted octanol–water partition coefficient (Wildman–Crippen LogP) is 7.25. The zero-order valence-electron chi connectivity index (χ0n) is 20.2. The van der Waals surface area contributed by atoms with E-state index in [9.17, 15) is 18.4 Å². The van der Waals surface area contributed by atoms with E-state index in [4.69, 9.17) is 9.84 Å². The Balaban J connectivity index is 1.37. The fraction of sp³-hybridized carbons (Fsp3) is 0.148. The Hall–Kier alpha value is -4.09. The van der Waals surface area contributed by atoms with Gasteiger partial charge in [-0.2, -0.15) is 5.10 Å². The fourth-order valence-corrected chi connectivity index (χ4v) is 6.45. The highest BCUT2D eigenvalue weighted by atomic mass is 32.1. The van der Waals surface area contributed by atoms with Crippen LogP contribution in [-0.2, 0) is 23.0 Å². The van der Waals surface area contributed by atoms with Crippen LogP contribution in [0, 0.1) is 11.6 Å². The third-order valence-corrected chi connectivity index (χ3v) is 8.29. The third-order valence-electron chi connectivity index (χ3n) is 5.93. The van der Waals surface area contributed by atoms with Crippen LogP contribution in [0.25, 0.3) is 30.3 Å². The van der Waals surface area contributed by atoms with Crippen molar-refractivity contribution >= 4 is 50.0 Å². The van der Waals surface area contributed by atoms with Crippen LogP contribution < -0.4 is 5.32 Å². The number of carboxylic acid groups (broad SMARTS) is 1. The van der Waals surface area contributed by atoms with Gasteiger partial charge in [-0.25, -0.2) is 13.6 Å². The first-order valence-electron chi connectivity index (χ1n) is 11.5. The topological polar surface area (TPSA) is 93.4 Å². The van der Waals surface area contributed by atoms with Crippen molar-refractivity contribution in [3.63, 3.8) is 0 Å². The lowest BCUT2D eigenvalue weighted by atomic mass is 10.1. The van der Waals surface area contributed by atoms with Crippen molar-refractivity contribution in [3.05, 3.63) is 83.6 Å². The first kappa shape index (κ1) is 25.6. The molecule has 0 aliphatic heterocycles. The summed E-state index contributed by atoms with van der Waals surface area (Å²) in [5, 5.41) is 15.9. The largest absolute Gasteiger partial charge is 0.481 e. The lowest BCUT2D eigenvalue weighted by Crippen LogP contribution is -2.18. The summed E-state index contributed by atoms with van der Waals surface area (Å²) < 4.78 is 37.9. The molecule has 0 saturated heterocycles. The maximum absolute atomic E-state index is 14.7. The van der Waals surface area contributed by atoms with Gasteiger partial charge in [-0.1, -0.05) is 30.3 Å². The molecule has 2 N–H and O–H groups in total. The third kappa shape index (κ3) is 5.15. The smallest absolute Gasteiger partial charge is 0.413 e. The van der Waals surface area contributed by atoms with Gasteiger partial charge in [0.15, 0.2) is 0 Å². The zero-order chi connectivity index (χ0) is 27.0. The van der Waals surface area contributed by atoms with Crippen molar-refractivity contribution in [1.29, 1.82) is 0 Å². The van der Waals surface area contributed by atoms with Gasteiger partial charge in [0.05, 0.1) is 18.2 Å². The molecule has 5 rings (SSSR count). The van der Waals surface area contributed by atoms with E-state index in [2.05, 4.69) is 10.4 Å². The van der Waals surface area contributed by atoms with Crippen molar-refractivity contribution in [1.82, 2.24) is 9.78 Å². The van der Waals surface area contributed by atoms with Crippen LogP contribution in [0.2, 0.25) is 0 Å². The number of nitrogens with zero attached hydrogens (tertiary/aromatic N) is 2. The van der Waals surface area contributed by atoms with Gasteiger partial charge in [0, 0.05) is 37.3 Å². The predicted molar refractivity (Wildman–Crippen MR) is 144 cm³/mol. The summed E-state index contributed by atoms with van der Waals surface area (Å²) in [6.45, 7) is 1.79. The highest BCUT2D eigenvalue weighted by molar-refractivity contribution is 7.31. The summed E-state index contributed by atoms with van der Waals surface area (Å²) in [4.78, 5) is 24.9. The maximum atomic E-state index is 14.7. The molecule has 3 heterocycles. The summed E-state index contributed by atoms with van der Waals surface area (Å²) in [6, 6.07) is 15.0. The minimum atomic E-state index is -1.23. The number of hydrogen-bond donors (Lipinski definition) is 2. The SMILES string of the molecule is C[C@@H](OC(=O)Nc1c(-c2cc3sc(-c4cc(F)c(CC(=O)O)cc4F)cc3s2)cnn1C)c1ccccc1. The number of carbonyl (C=O) groups excluding carboxylic acids is 1. The first-order valence-corrected chi connectivity index (χ1v) is 13.1. The molecule has 0 saturated carbocycles. The van der Waals surface area contributed by atoms with Gasteiger partial charge < -0.3 is 9.84 Å². The molecule has 0 fully saturated rings. The Morgan fingerprint density at radius 2 is 1.68 bits per heavy atom. The number of ether oxygens (including phenoxy) is 1. The van der Waals surface area contributed by atoms with Gasteiger partial charge in [-0.3, -0.25) is 14.8 Å². The van der Waals surface area contributed by atoms with Crippen molar-refractivity contribution in [2.45, 2.75) is 19.4 Å². The molecule has 0 aliphatic carbocycles. The second-order valence-electron chi connectivity index (χ2n) is 8.56. The van der Waals surface area contributed by atoms with Crippen molar-refractivity contribution < 1.29 is 28.2 Å².